The number of amides is 1. The Morgan fingerprint density at radius 2 is 1.93 bits per heavy atom. The van der Waals surface area contributed by atoms with Gasteiger partial charge in [-0.3, -0.25) is 4.79 Å². The first kappa shape index (κ1) is 19.6. The molecule has 0 atom stereocenters. The van der Waals surface area contributed by atoms with E-state index >= 15 is 0 Å². The molecular formula is C20H24N4OS2. The van der Waals surface area contributed by atoms with Crippen molar-refractivity contribution in [2.75, 3.05) is 5.32 Å². The topological polar surface area (TPSA) is 67.8 Å². The Bertz CT molecular complexity index is 870. The number of benzene rings is 1. The molecule has 3 aromatic rings. The number of anilines is 1. The lowest BCUT2D eigenvalue weighted by atomic mass is 10.1. The van der Waals surface area contributed by atoms with E-state index in [1.54, 1.807) is 11.3 Å². The number of carbonyl (C=O) groups excluding carboxylic acids is 1. The summed E-state index contributed by atoms with van der Waals surface area (Å²) in [5.41, 5.74) is 3.17. The van der Waals surface area contributed by atoms with Crippen LogP contribution in [0.4, 0.5) is 5.13 Å². The molecule has 0 saturated heterocycles. The van der Waals surface area contributed by atoms with Crippen LogP contribution in [0.1, 0.15) is 49.4 Å². The Hall–Kier alpha value is -2.12. The van der Waals surface area contributed by atoms with Crippen molar-refractivity contribution in [2.45, 2.75) is 52.4 Å². The molecule has 2 heterocycles. The van der Waals surface area contributed by atoms with E-state index < -0.39 is 0 Å². The lowest BCUT2D eigenvalue weighted by molar-refractivity contribution is -0.115. The van der Waals surface area contributed by atoms with Gasteiger partial charge < -0.3 is 5.32 Å². The van der Waals surface area contributed by atoms with Crippen LogP contribution in [0, 0.1) is 0 Å². The van der Waals surface area contributed by atoms with Gasteiger partial charge in [0.05, 0.1) is 12.1 Å². The normalized spacial score (nSPS) is 10.9. The molecule has 0 radical (unpaired) electrons. The monoisotopic (exact) mass is 400 g/mol. The Balaban J connectivity index is 1.54. The van der Waals surface area contributed by atoms with Crippen LogP contribution in [0.15, 0.2) is 29.6 Å². The summed E-state index contributed by atoms with van der Waals surface area (Å²) in [6, 6.07) is 8.42. The Kier molecular flexibility index (Phi) is 7.06. The summed E-state index contributed by atoms with van der Waals surface area (Å²) in [5, 5.41) is 15.5. The zero-order chi connectivity index (χ0) is 19.1. The Morgan fingerprint density at radius 1 is 1.11 bits per heavy atom. The van der Waals surface area contributed by atoms with Gasteiger partial charge in [-0.1, -0.05) is 62.3 Å². The molecule has 1 aromatic carbocycles. The van der Waals surface area contributed by atoms with Crippen molar-refractivity contribution in [3.63, 3.8) is 0 Å². The van der Waals surface area contributed by atoms with Gasteiger partial charge in [-0.15, -0.1) is 21.5 Å². The molecular weight excluding hydrogens is 376 g/mol. The van der Waals surface area contributed by atoms with E-state index in [0.29, 0.717) is 5.13 Å². The number of thiazole rings is 1. The summed E-state index contributed by atoms with van der Waals surface area (Å²) in [4.78, 5) is 16.9. The molecule has 7 heteroatoms. The molecule has 2 aromatic heterocycles. The van der Waals surface area contributed by atoms with E-state index in [2.05, 4.69) is 58.6 Å². The molecule has 0 bridgehead atoms. The number of hydrogen-bond acceptors (Lipinski definition) is 6. The van der Waals surface area contributed by atoms with E-state index in [0.717, 1.165) is 40.5 Å². The lowest BCUT2D eigenvalue weighted by Gasteiger charge is -2.00. The maximum absolute atomic E-state index is 12.3. The molecule has 1 N–H and O–H groups in total. The fraction of sp³-hybridized carbons (Fsp3) is 0.400. The molecule has 0 aliphatic heterocycles. The van der Waals surface area contributed by atoms with E-state index in [-0.39, 0.29) is 12.3 Å². The quantitative estimate of drug-likeness (QED) is 0.505. The van der Waals surface area contributed by atoms with Crippen molar-refractivity contribution in [1.82, 2.24) is 15.2 Å². The SMILES string of the molecule is CCCCCc1nnc(NC(=O)Cc2csc(-c3ccc(CC)cc3)n2)s1. The summed E-state index contributed by atoms with van der Waals surface area (Å²) < 4.78 is 0. The minimum atomic E-state index is -0.107. The van der Waals surface area contributed by atoms with Gasteiger partial charge in [0, 0.05) is 17.4 Å². The van der Waals surface area contributed by atoms with Crippen molar-refractivity contribution in [1.29, 1.82) is 0 Å². The summed E-state index contributed by atoms with van der Waals surface area (Å²) in [6.07, 6.45) is 5.67. The first-order chi connectivity index (χ1) is 13.2. The van der Waals surface area contributed by atoms with Crippen molar-refractivity contribution >= 4 is 33.7 Å². The maximum atomic E-state index is 12.3. The largest absolute Gasteiger partial charge is 0.300 e. The number of hydrogen-bond donors (Lipinski definition) is 1. The van der Waals surface area contributed by atoms with Crippen molar-refractivity contribution in [3.05, 3.63) is 45.9 Å². The third kappa shape index (κ3) is 5.68. The number of aryl methyl sites for hydroxylation is 2. The molecule has 3 rings (SSSR count). The van der Waals surface area contributed by atoms with Crippen molar-refractivity contribution < 1.29 is 4.79 Å². The zero-order valence-corrected chi connectivity index (χ0v) is 17.3. The van der Waals surface area contributed by atoms with Gasteiger partial charge in [0.2, 0.25) is 11.0 Å². The highest BCUT2D eigenvalue weighted by molar-refractivity contribution is 7.15. The number of rotatable bonds is 9. The molecule has 0 aliphatic carbocycles. The average molecular weight is 401 g/mol. The van der Waals surface area contributed by atoms with Gasteiger partial charge in [-0.2, -0.15) is 0 Å². The van der Waals surface area contributed by atoms with Crippen LogP contribution in [-0.4, -0.2) is 21.1 Å². The predicted molar refractivity (Wildman–Crippen MR) is 112 cm³/mol. The fourth-order valence-electron chi connectivity index (χ4n) is 2.66. The van der Waals surface area contributed by atoms with Crippen LogP contribution in [0.2, 0.25) is 0 Å². The average Bonchev–Trinajstić information content (AvgIpc) is 3.32. The molecule has 0 fully saturated rings. The molecule has 0 spiro atoms. The van der Waals surface area contributed by atoms with E-state index in [4.69, 9.17) is 0 Å². The van der Waals surface area contributed by atoms with Crippen molar-refractivity contribution in [2.24, 2.45) is 0 Å². The highest BCUT2D eigenvalue weighted by Gasteiger charge is 2.12. The number of unbranched alkanes of at least 4 members (excludes halogenated alkanes) is 2. The molecule has 5 nitrogen and oxygen atoms in total. The predicted octanol–water partition coefficient (Wildman–Crippen LogP) is 5.14. The lowest BCUT2D eigenvalue weighted by Crippen LogP contribution is -2.14. The fourth-order valence-corrected chi connectivity index (χ4v) is 4.29. The van der Waals surface area contributed by atoms with Gasteiger partial charge in [0.1, 0.15) is 10.0 Å². The van der Waals surface area contributed by atoms with Crippen LogP contribution in [0.5, 0.6) is 0 Å². The second kappa shape index (κ2) is 9.71. The molecule has 0 aliphatic rings. The standard InChI is InChI=1S/C20H24N4OS2/c1-3-5-6-7-18-23-24-20(27-18)22-17(25)12-16-13-26-19(21-16)15-10-8-14(4-2)9-11-15/h8-11,13H,3-7,12H2,1-2H3,(H,22,24,25). The van der Waals surface area contributed by atoms with E-state index in [1.165, 1.54) is 29.7 Å². The number of nitrogens with one attached hydrogen (secondary N) is 1. The molecule has 1 amide bonds. The van der Waals surface area contributed by atoms with Crippen LogP contribution in [0.3, 0.4) is 0 Å². The highest BCUT2D eigenvalue weighted by atomic mass is 32.1. The zero-order valence-electron chi connectivity index (χ0n) is 15.7. The Morgan fingerprint density at radius 3 is 2.67 bits per heavy atom. The van der Waals surface area contributed by atoms with E-state index in [1.807, 2.05) is 5.38 Å². The number of aromatic nitrogens is 3. The molecule has 0 saturated carbocycles. The maximum Gasteiger partial charge on any atom is 0.232 e. The second-order valence-corrected chi connectivity index (χ2v) is 8.30. The summed E-state index contributed by atoms with van der Waals surface area (Å²) in [5.74, 6) is -0.107. The third-order valence-corrected chi connectivity index (χ3v) is 6.05. The second-order valence-electron chi connectivity index (χ2n) is 6.38. The minimum absolute atomic E-state index is 0.107. The van der Waals surface area contributed by atoms with Crippen LogP contribution in [0.25, 0.3) is 10.6 Å². The molecule has 27 heavy (non-hydrogen) atoms. The smallest absolute Gasteiger partial charge is 0.232 e. The van der Waals surface area contributed by atoms with Crippen LogP contribution in [-0.2, 0) is 24.1 Å². The van der Waals surface area contributed by atoms with Crippen molar-refractivity contribution in [3.8, 4) is 10.6 Å². The summed E-state index contributed by atoms with van der Waals surface area (Å²) in [7, 11) is 0. The Labute approximate surface area is 167 Å². The number of nitrogens with zero attached hydrogens (tertiary/aromatic N) is 3. The highest BCUT2D eigenvalue weighted by Crippen LogP contribution is 2.25. The minimum Gasteiger partial charge on any atom is -0.300 e. The third-order valence-electron chi connectivity index (χ3n) is 4.21. The summed E-state index contributed by atoms with van der Waals surface area (Å²) >= 11 is 3.02. The molecule has 0 unspecified atom stereocenters. The number of carbonyl (C=O) groups is 1. The first-order valence-electron chi connectivity index (χ1n) is 9.34. The van der Waals surface area contributed by atoms with Crippen LogP contribution < -0.4 is 5.32 Å². The van der Waals surface area contributed by atoms with Gasteiger partial charge in [-0.05, 0) is 18.4 Å². The summed E-state index contributed by atoms with van der Waals surface area (Å²) in [6.45, 7) is 4.32. The first-order valence-corrected chi connectivity index (χ1v) is 11.0. The van der Waals surface area contributed by atoms with Gasteiger partial charge in [0.15, 0.2) is 0 Å². The van der Waals surface area contributed by atoms with Gasteiger partial charge in [0.25, 0.3) is 0 Å². The van der Waals surface area contributed by atoms with Crippen LogP contribution >= 0.6 is 22.7 Å². The van der Waals surface area contributed by atoms with E-state index in [9.17, 15) is 4.79 Å². The van der Waals surface area contributed by atoms with Gasteiger partial charge >= 0.3 is 0 Å². The van der Waals surface area contributed by atoms with Gasteiger partial charge in [-0.25, -0.2) is 4.98 Å². The molecule has 142 valence electrons.